The molecule has 0 aromatic heterocycles. The van der Waals surface area contributed by atoms with E-state index in [2.05, 4.69) is 24.4 Å². The van der Waals surface area contributed by atoms with Crippen LogP contribution < -0.4 is 14.8 Å². The molecular weight excluding hydrogens is 466 g/mol. The third kappa shape index (κ3) is 5.74. The number of hydrogen-bond donors (Lipinski definition) is 1. The van der Waals surface area contributed by atoms with Crippen LogP contribution >= 0.6 is 0 Å². The van der Waals surface area contributed by atoms with Gasteiger partial charge in [-0.2, -0.15) is 0 Å². The quantitative estimate of drug-likeness (QED) is 0.308. The summed E-state index contributed by atoms with van der Waals surface area (Å²) >= 11 is 0. The first-order valence-corrected chi connectivity index (χ1v) is 13.2. The Bertz CT molecular complexity index is 1200. The van der Waals surface area contributed by atoms with Crippen molar-refractivity contribution in [1.29, 1.82) is 0 Å². The van der Waals surface area contributed by atoms with E-state index in [1.807, 2.05) is 50.2 Å². The zero-order valence-corrected chi connectivity index (χ0v) is 22.3. The molecule has 2 aliphatic rings. The van der Waals surface area contributed by atoms with Crippen LogP contribution in [0.5, 0.6) is 11.5 Å². The van der Waals surface area contributed by atoms with Crippen molar-refractivity contribution in [3.8, 4) is 11.5 Å². The number of allylic oxidation sites excluding steroid dienone is 3. The largest absolute Gasteiger partial charge is 0.493 e. The van der Waals surface area contributed by atoms with Crippen molar-refractivity contribution in [3.05, 3.63) is 82.2 Å². The van der Waals surface area contributed by atoms with Gasteiger partial charge >= 0.3 is 5.97 Å². The van der Waals surface area contributed by atoms with Gasteiger partial charge in [0.1, 0.15) is 0 Å². The first-order valence-electron chi connectivity index (χ1n) is 13.2. The van der Waals surface area contributed by atoms with Crippen molar-refractivity contribution >= 4 is 11.8 Å². The Hall–Kier alpha value is -3.54. The molecule has 2 aromatic rings. The third-order valence-electron chi connectivity index (χ3n) is 7.03. The molecule has 2 atom stereocenters. The molecule has 0 saturated heterocycles. The van der Waals surface area contributed by atoms with Gasteiger partial charge in [0.05, 0.1) is 25.9 Å². The first-order chi connectivity index (χ1) is 18.0. The maximum absolute atomic E-state index is 13.8. The highest BCUT2D eigenvalue weighted by atomic mass is 16.5. The lowest BCUT2D eigenvalue weighted by Crippen LogP contribution is -2.36. The van der Waals surface area contributed by atoms with Crippen LogP contribution in [-0.2, 0) is 14.3 Å². The topological polar surface area (TPSA) is 73.9 Å². The number of carbonyl (C=O) groups is 2. The Morgan fingerprint density at radius 2 is 1.76 bits per heavy atom. The van der Waals surface area contributed by atoms with E-state index in [1.165, 1.54) is 0 Å². The summed E-state index contributed by atoms with van der Waals surface area (Å²) in [5.74, 6) is 0.425. The smallest absolute Gasteiger partial charge is 0.336 e. The van der Waals surface area contributed by atoms with E-state index in [9.17, 15) is 9.59 Å². The van der Waals surface area contributed by atoms with Crippen molar-refractivity contribution in [1.82, 2.24) is 5.32 Å². The van der Waals surface area contributed by atoms with Crippen LogP contribution in [0, 0.1) is 0 Å². The van der Waals surface area contributed by atoms with E-state index in [0.717, 1.165) is 41.8 Å². The van der Waals surface area contributed by atoms with Gasteiger partial charge in [0.25, 0.3) is 0 Å². The first kappa shape index (κ1) is 26.5. The molecule has 6 heteroatoms. The second-order valence-electron chi connectivity index (χ2n) is 9.68. The number of Topliss-reactive ketones (excluding diaryl/α,β-unsaturated/α-hetero) is 1. The lowest BCUT2D eigenvalue weighted by Gasteiger charge is -2.37. The zero-order chi connectivity index (χ0) is 26.4. The van der Waals surface area contributed by atoms with Crippen LogP contribution in [0.2, 0.25) is 0 Å². The summed E-state index contributed by atoms with van der Waals surface area (Å²) in [6, 6.07) is 15.8. The number of methoxy groups -OCH3 is 1. The van der Waals surface area contributed by atoms with Crippen LogP contribution in [0.4, 0.5) is 0 Å². The molecule has 4 rings (SSSR count). The predicted molar refractivity (Wildman–Crippen MR) is 144 cm³/mol. The number of dihydropyridines is 1. The van der Waals surface area contributed by atoms with E-state index in [1.54, 1.807) is 7.11 Å². The maximum Gasteiger partial charge on any atom is 0.336 e. The van der Waals surface area contributed by atoms with E-state index in [-0.39, 0.29) is 11.7 Å². The number of carbonyl (C=O) groups excluding carboxylic acids is 2. The number of hydrogen-bond acceptors (Lipinski definition) is 6. The van der Waals surface area contributed by atoms with Gasteiger partial charge in [-0.15, -0.1) is 0 Å². The number of ketones is 1. The van der Waals surface area contributed by atoms with Gasteiger partial charge in [0.2, 0.25) is 0 Å². The summed E-state index contributed by atoms with van der Waals surface area (Å²) in [5.41, 5.74) is 4.67. The minimum absolute atomic E-state index is 0.0456. The van der Waals surface area contributed by atoms with Crippen molar-refractivity contribution in [2.45, 2.75) is 64.7 Å². The standard InChI is InChI=1S/C31H37NO5/c1-5-7-16-37-31(34)28-20(3)32-24-17-23(21-11-9-8-10-12-21)18-25(33)30(24)29(28)22-13-14-26(36-15-6-2)27(19-22)35-4/h8-14,19,23,29,32H,5-7,15-18H2,1-4H3/t23-,29-/m0/s1. The SMILES string of the molecule is CCCCOC(=O)C1=C(C)NC2=C(C(=O)C[C@@H](c3ccccc3)C2)[C@H]1c1ccc(OCCC)c(OC)c1. The van der Waals surface area contributed by atoms with Gasteiger partial charge in [-0.3, -0.25) is 4.79 Å². The van der Waals surface area contributed by atoms with Crippen molar-refractivity contribution in [2.75, 3.05) is 20.3 Å². The molecule has 0 fully saturated rings. The van der Waals surface area contributed by atoms with Crippen LogP contribution in [0.15, 0.2) is 71.1 Å². The van der Waals surface area contributed by atoms with Crippen LogP contribution in [0.25, 0.3) is 0 Å². The van der Waals surface area contributed by atoms with Crippen LogP contribution in [-0.4, -0.2) is 32.1 Å². The molecule has 0 radical (unpaired) electrons. The maximum atomic E-state index is 13.8. The average Bonchev–Trinajstić information content (AvgIpc) is 2.91. The second kappa shape index (κ2) is 12.1. The fourth-order valence-corrected chi connectivity index (χ4v) is 5.19. The minimum atomic E-state index is -0.538. The summed E-state index contributed by atoms with van der Waals surface area (Å²) in [7, 11) is 1.60. The van der Waals surface area contributed by atoms with Gasteiger partial charge in [-0.25, -0.2) is 4.79 Å². The lowest BCUT2D eigenvalue weighted by molar-refractivity contribution is -0.139. The van der Waals surface area contributed by atoms with Gasteiger partial charge in [0, 0.05) is 29.3 Å². The van der Waals surface area contributed by atoms with Gasteiger partial charge in [-0.1, -0.05) is 56.7 Å². The Kier molecular flexibility index (Phi) is 8.70. The molecule has 0 spiro atoms. The fraction of sp³-hybridized carbons (Fsp3) is 0.419. The van der Waals surface area contributed by atoms with Gasteiger partial charge < -0.3 is 19.5 Å². The summed E-state index contributed by atoms with van der Waals surface area (Å²) in [6.45, 7) is 6.91. The highest BCUT2D eigenvalue weighted by Gasteiger charge is 2.41. The van der Waals surface area contributed by atoms with Crippen LogP contribution in [0.3, 0.4) is 0 Å². The molecule has 0 unspecified atom stereocenters. The molecule has 2 aromatic carbocycles. The number of esters is 1. The van der Waals surface area contributed by atoms with E-state index in [4.69, 9.17) is 14.2 Å². The van der Waals surface area contributed by atoms with Gasteiger partial charge in [0.15, 0.2) is 17.3 Å². The molecule has 0 saturated carbocycles. The molecule has 0 amide bonds. The third-order valence-corrected chi connectivity index (χ3v) is 7.03. The zero-order valence-electron chi connectivity index (χ0n) is 22.3. The number of unbranched alkanes of at least 4 members (excludes halogenated alkanes) is 1. The molecule has 6 nitrogen and oxygen atoms in total. The van der Waals surface area contributed by atoms with Crippen molar-refractivity contribution < 1.29 is 23.8 Å². The van der Waals surface area contributed by atoms with E-state index >= 15 is 0 Å². The average molecular weight is 504 g/mol. The van der Waals surface area contributed by atoms with E-state index < -0.39 is 11.9 Å². The monoisotopic (exact) mass is 503 g/mol. The molecule has 196 valence electrons. The predicted octanol–water partition coefficient (Wildman–Crippen LogP) is 6.19. The molecule has 1 aliphatic heterocycles. The summed E-state index contributed by atoms with van der Waals surface area (Å²) in [5, 5.41) is 3.42. The summed E-state index contributed by atoms with van der Waals surface area (Å²) in [6.07, 6.45) is 3.69. The summed E-state index contributed by atoms with van der Waals surface area (Å²) < 4.78 is 17.1. The van der Waals surface area contributed by atoms with Crippen molar-refractivity contribution in [2.24, 2.45) is 0 Å². The number of rotatable bonds is 10. The van der Waals surface area contributed by atoms with Gasteiger partial charge in [-0.05, 0) is 55.4 Å². The Morgan fingerprint density at radius 3 is 2.46 bits per heavy atom. The van der Waals surface area contributed by atoms with Crippen LogP contribution in [0.1, 0.15) is 75.8 Å². The van der Waals surface area contributed by atoms with E-state index in [0.29, 0.717) is 48.7 Å². The highest BCUT2D eigenvalue weighted by Crippen LogP contribution is 2.47. The molecule has 1 aliphatic carbocycles. The molecule has 1 N–H and O–H groups in total. The molecule has 37 heavy (non-hydrogen) atoms. The minimum Gasteiger partial charge on any atom is -0.493 e. The van der Waals surface area contributed by atoms with Crippen molar-refractivity contribution in [3.63, 3.8) is 0 Å². The normalized spacial score (nSPS) is 19.3. The molecular formula is C31H37NO5. The fourth-order valence-electron chi connectivity index (χ4n) is 5.19. The summed E-state index contributed by atoms with van der Waals surface area (Å²) in [4.78, 5) is 27.2. The number of benzene rings is 2. The second-order valence-corrected chi connectivity index (χ2v) is 9.68. The highest BCUT2D eigenvalue weighted by molar-refractivity contribution is 6.04. The number of ether oxygens (including phenoxy) is 3. The number of nitrogens with one attached hydrogen (secondary N) is 1. The Labute approximate surface area is 219 Å². The Balaban J connectivity index is 1.77. The lowest BCUT2D eigenvalue weighted by atomic mass is 9.71. The molecule has 1 heterocycles. The molecule has 0 bridgehead atoms. The Morgan fingerprint density at radius 1 is 0.973 bits per heavy atom.